The highest BCUT2D eigenvalue weighted by Crippen LogP contribution is 2.26. The van der Waals surface area contributed by atoms with Crippen molar-refractivity contribution in [2.45, 2.75) is 51.0 Å². The first-order valence-electron chi connectivity index (χ1n) is 11.3. The Morgan fingerprint density at radius 1 is 1.19 bits per heavy atom. The summed E-state index contributed by atoms with van der Waals surface area (Å²) in [5.74, 6) is -0.112. The van der Waals surface area contributed by atoms with Crippen LogP contribution in [0, 0.1) is 17.7 Å². The number of carbonyl (C=O) groups is 2. The van der Waals surface area contributed by atoms with Crippen molar-refractivity contribution in [2.75, 3.05) is 26.7 Å². The van der Waals surface area contributed by atoms with Gasteiger partial charge in [0.05, 0.1) is 5.92 Å². The normalized spacial score (nSPS) is 21.0. The minimum Gasteiger partial charge on any atom is -0.369 e. The van der Waals surface area contributed by atoms with E-state index < -0.39 is 11.8 Å². The number of guanidine groups is 1. The van der Waals surface area contributed by atoms with Crippen LogP contribution in [0.3, 0.4) is 0 Å². The van der Waals surface area contributed by atoms with Gasteiger partial charge in [0, 0.05) is 38.6 Å². The second kappa shape index (κ2) is 11.1. The largest absolute Gasteiger partial charge is 0.369 e. The third-order valence-corrected chi connectivity index (χ3v) is 6.33. The number of amides is 2. The summed E-state index contributed by atoms with van der Waals surface area (Å²) < 4.78 is 13.1. The zero-order valence-electron chi connectivity index (χ0n) is 18.3. The van der Waals surface area contributed by atoms with Gasteiger partial charge in [0.1, 0.15) is 5.82 Å². The van der Waals surface area contributed by atoms with E-state index in [1.807, 2.05) is 4.90 Å². The summed E-state index contributed by atoms with van der Waals surface area (Å²) in [6, 6.07) is 6.20. The average Bonchev–Trinajstić information content (AvgIpc) is 3.25. The lowest BCUT2D eigenvalue weighted by Gasteiger charge is -2.26. The van der Waals surface area contributed by atoms with Crippen molar-refractivity contribution < 1.29 is 14.0 Å². The van der Waals surface area contributed by atoms with Crippen LogP contribution in [-0.4, -0.2) is 55.4 Å². The second-order valence-electron chi connectivity index (χ2n) is 8.63. The molecule has 2 aliphatic rings. The topological polar surface area (TPSA) is 99.8 Å². The van der Waals surface area contributed by atoms with Crippen LogP contribution in [0.15, 0.2) is 29.3 Å². The molecule has 170 valence electrons. The zero-order chi connectivity index (χ0) is 22.2. The molecule has 2 amide bonds. The van der Waals surface area contributed by atoms with Crippen molar-refractivity contribution >= 4 is 17.8 Å². The van der Waals surface area contributed by atoms with Crippen LogP contribution in [0.4, 0.5) is 4.39 Å². The summed E-state index contributed by atoms with van der Waals surface area (Å²) in [6.45, 7) is 1.76. The van der Waals surface area contributed by atoms with Crippen LogP contribution in [-0.2, 0) is 16.0 Å². The summed E-state index contributed by atoms with van der Waals surface area (Å²) in [5.41, 5.74) is 6.42. The Hall–Kier alpha value is -2.64. The Labute approximate surface area is 183 Å². The molecule has 8 heteroatoms. The summed E-state index contributed by atoms with van der Waals surface area (Å²) in [7, 11) is 1.68. The molecule has 7 nitrogen and oxygen atoms in total. The van der Waals surface area contributed by atoms with Crippen molar-refractivity contribution in [2.24, 2.45) is 22.6 Å². The van der Waals surface area contributed by atoms with Gasteiger partial charge in [-0.15, -0.1) is 0 Å². The monoisotopic (exact) mass is 431 g/mol. The Bertz CT molecular complexity index is 777. The minimum atomic E-state index is -0.447. The number of hydrogen-bond acceptors (Lipinski definition) is 3. The van der Waals surface area contributed by atoms with Crippen LogP contribution >= 0.6 is 0 Å². The number of likely N-dealkylation sites (tertiary alicyclic amines) is 1. The Balaban J connectivity index is 1.47. The summed E-state index contributed by atoms with van der Waals surface area (Å²) in [6.07, 6.45) is 6.87. The number of hydrogen-bond donors (Lipinski definition) is 3. The van der Waals surface area contributed by atoms with E-state index >= 15 is 0 Å². The third-order valence-electron chi connectivity index (χ3n) is 6.33. The lowest BCUT2D eigenvalue weighted by Crippen LogP contribution is -2.48. The molecule has 4 N–H and O–H groups in total. The fourth-order valence-electron chi connectivity index (χ4n) is 4.47. The molecule has 1 aromatic rings. The Kier molecular flexibility index (Phi) is 8.26. The number of halogens is 1. The van der Waals surface area contributed by atoms with Crippen LogP contribution in [0.5, 0.6) is 0 Å². The first-order chi connectivity index (χ1) is 15.0. The summed E-state index contributed by atoms with van der Waals surface area (Å²) >= 11 is 0. The molecule has 1 saturated carbocycles. The molecule has 2 atom stereocenters. The van der Waals surface area contributed by atoms with Gasteiger partial charge in [-0.05, 0) is 43.4 Å². The number of nitrogens with two attached hydrogens (primary N) is 1. The van der Waals surface area contributed by atoms with Gasteiger partial charge in [0.2, 0.25) is 11.8 Å². The maximum atomic E-state index is 13.1. The Morgan fingerprint density at radius 2 is 1.90 bits per heavy atom. The molecule has 1 aromatic carbocycles. The minimum absolute atomic E-state index is 0.128. The summed E-state index contributed by atoms with van der Waals surface area (Å²) in [5, 5.41) is 6.54. The van der Waals surface area contributed by atoms with Gasteiger partial charge >= 0.3 is 0 Å². The molecule has 3 rings (SSSR count). The first kappa shape index (κ1) is 23.0. The highest BCUT2D eigenvalue weighted by Gasteiger charge is 2.31. The third kappa shape index (κ3) is 6.67. The molecule has 0 spiro atoms. The highest BCUT2D eigenvalue weighted by atomic mass is 19.1. The zero-order valence-corrected chi connectivity index (χ0v) is 18.3. The molecular weight excluding hydrogens is 397 g/mol. The quantitative estimate of drug-likeness (QED) is 0.453. The molecular formula is C23H34FN5O2. The molecule has 0 bridgehead atoms. The molecule has 2 unspecified atom stereocenters. The van der Waals surface area contributed by atoms with E-state index in [0.717, 1.165) is 44.2 Å². The molecule has 0 aromatic heterocycles. The molecule has 0 radical (unpaired) electrons. The highest BCUT2D eigenvalue weighted by molar-refractivity contribution is 5.82. The lowest BCUT2D eigenvalue weighted by atomic mass is 9.88. The maximum Gasteiger partial charge on any atom is 0.225 e. The number of rotatable bonds is 7. The van der Waals surface area contributed by atoms with Crippen molar-refractivity contribution in [1.29, 1.82) is 0 Å². The Morgan fingerprint density at radius 3 is 2.55 bits per heavy atom. The average molecular weight is 432 g/mol. The number of primary amides is 1. The SMILES string of the molecule is CN=C(NCC(Cc1ccc(F)cc1)C(N)=O)NC1CCN(C(=O)C2CCCCC2)C1. The number of aliphatic imine (C=N–C) groups is 1. The van der Waals surface area contributed by atoms with Crippen molar-refractivity contribution in [3.05, 3.63) is 35.6 Å². The fraction of sp³-hybridized carbons (Fsp3) is 0.609. The molecule has 1 aliphatic carbocycles. The van der Waals surface area contributed by atoms with Gasteiger partial charge < -0.3 is 21.3 Å². The van der Waals surface area contributed by atoms with E-state index in [4.69, 9.17) is 5.73 Å². The van der Waals surface area contributed by atoms with E-state index in [-0.39, 0.29) is 17.8 Å². The lowest BCUT2D eigenvalue weighted by molar-refractivity contribution is -0.135. The standard InChI is InChI=1S/C23H34FN5O2/c1-26-23(27-14-18(21(25)30)13-16-7-9-19(24)10-8-16)28-20-11-12-29(15-20)22(31)17-5-3-2-4-6-17/h7-10,17-18,20H,2-6,11-15H2,1H3,(H2,25,30)(H2,26,27,28). The molecule has 1 heterocycles. The molecule has 1 aliphatic heterocycles. The van der Waals surface area contributed by atoms with Crippen molar-refractivity contribution in [3.63, 3.8) is 0 Å². The van der Waals surface area contributed by atoms with E-state index in [9.17, 15) is 14.0 Å². The van der Waals surface area contributed by atoms with Crippen LogP contribution in [0.25, 0.3) is 0 Å². The van der Waals surface area contributed by atoms with E-state index in [0.29, 0.717) is 31.4 Å². The van der Waals surface area contributed by atoms with Gasteiger partial charge in [0.25, 0.3) is 0 Å². The van der Waals surface area contributed by atoms with Crippen molar-refractivity contribution in [1.82, 2.24) is 15.5 Å². The van der Waals surface area contributed by atoms with E-state index in [2.05, 4.69) is 15.6 Å². The smallest absolute Gasteiger partial charge is 0.225 e. The molecule has 1 saturated heterocycles. The first-order valence-corrected chi connectivity index (χ1v) is 11.3. The van der Waals surface area contributed by atoms with E-state index in [1.54, 1.807) is 19.2 Å². The number of nitrogens with zero attached hydrogens (tertiary/aromatic N) is 2. The van der Waals surface area contributed by atoms with Crippen LogP contribution in [0.1, 0.15) is 44.1 Å². The van der Waals surface area contributed by atoms with E-state index in [1.165, 1.54) is 18.6 Å². The van der Waals surface area contributed by atoms with Gasteiger partial charge in [-0.3, -0.25) is 14.6 Å². The summed E-state index contributed by atoms with van der Waals surface area (Å²) in [4.78, 5) is 30.9. The fourth-order valence-corrected chi connectivity index (χ4v) is 4.47. The molecule has 31 heavy (non-hydrogen) atoms. The number of nitrogens with one attached hydrogen (secondary N) is 2. The number of benzene rings is 1. The second-order valence-corrected chi connectivity index (χ2v) is 8.63. The maximum absolute atomic E-state index is 13.1. The van der Waals surface area contributed by atoms with Gasteiger partial charge in [0.15, 0.2) is 5.96 Å². The van der Waals surface area contributed by atoms with Crippen LogP contribution < -0.4 is 16.4 Å². The number of carbonyl (C=O) groups excluding carboxylic acids is 2. The van der Waals surface area contributed by atoms with Crippen LogP contribution in [0.2, 0.25) is 0 Å². The van der Waals surface area contributed by atoms with Gasteiger partial charge in [-0.1, -0.05) is 31.4 Å². The van der Waals surface area contributed by atoms with Crippen molar-refractivity contribution in [3.8, 4) is 0 Å². The van der Waals surface area contributed by atoms with Gasteiger partial charge in [-0.25, -0.2) is 4.39 Å². The predicted molar refractivity (Wildman–Crippen MR) is 119 cm³/mol. The predicted octanol–water partition coefficient (Wildman–Crippen LogP) is 1.82. The van der Waals surface area contributed by atoms with Gasteiger partial charge in [-0.2, -0.15) is 0 Å². The molecule has 2 fully saturated rings.